The van der Waals surface area contributed by atoms with Crippen molar-refractivity contribution < 1.29 is 17.9 Å². The van der Waals surface area contributed by atoms with Gasteiger partial charge < -0.3 is 15.0 Å². The average Bonchev–Trinajstić information content (AvgIpc) is 3.49. The molecule has 2 aliphatic rings. The third-order valence-corrected chi connectivity index (χ3v) is 9.39. The van der Waals surface area contributed by atoms with E-state index >= 15 is 0 Å². The number of thioether (sulfide) groups is 1. The van der Waals surface area contributed by atoms with Gasteiger partial charge in [0.05, 0.1) is 30.1 Å². The van der Waals surface area contributed by atoms with Gasteiger partial charge in [-0.1, -0.05) is 48.1 Å². The van der Waals surface area contributed by atoms with Crippen molar-refractivity contribution in [1.29, 1.82) is 0 Å². The zero-order valence-electron chi connectivity index (χ0n) is 17.3. The minimum absolute atomic E-state index is 0.00608. The van der Waals surface area contributed by atoms with Crippen LogP contribution >= 0.6 is 23.1 Å². The van der Waals surface area contributed by atoms with Gasteiger partial charge in [-0.25, -0.2) is 8.42 Å². The third kappa shape index (κ3) is 5.50. The van der Waals surface area contributed by atoms with Crippen molar-refractivity contribution in [2.75, 3.05) is 29.7 Å². The second-order valence-electron chi connectivity index (χ2n) is 7.78. The lowest BCUT2D eigenvalue weighted by Crippen LogP contribution is -2.47. The van der Waals surface area contributed by atoms with E-state index in [0.29, 0.717) is 21.6 Å². The molecule has 31 heavy (non-hydrogen) atoms. The van der Waals surface area contributed by atoms with Crippen molar-refractivity contribution in [3.63, 3.8) is 0 Å². The smallest absolute Gasteiger partial charge is 0.233 e. The molecular formula is C20H26N4O4S3. The fourth-order valence-electron chi connectivity index (χ4n) is 4.26. The van der Waals surface area contributed by atoms with Crippen LogP contribution in [0.15, 0.2) is 28.6 Å². The normalized spacial score (nSPS) is 20.6. The Morgan fingerprint density at radius 1 is 1.23 bits per heavy atom. The fraction of sp³-hybridized carbons (Fsp3) is 0.550. The monoisotopic (exact) mass is 482 g/mol. The van der Waals surface area contributed by atoms with Crippen molar-refractivity contribution in [1.82, 2.24) is 15.1 Å². The summed E-state index contributed by atoms with van der Waals surface area (Å²) in [6.07, 6.45) is 4.64. The van der Waals surface area contributed by atoms with Crippen LogP contribution in [-0.4, -0.2) is 65.9 Å². The Balaban J connectivity index is 1.39. The molecule has 2 fully saturated rings. The summed E-state index contributed by atoms with van der Waals surface area (Å²) in [5, 5.41) is 12.2. The Hall–Kier alpha value is -1.85. The molecule has 0 spiro atoms. The number of hydrogen-bond donors (Lipinski definition) is 1. The summed E-state index contributed by atoms with van der Waals surface area (Å²) < 4.78 is 30.0. The first-order chi connectivity index (χ1) is 14.9. The standard InChI is InChI=1S/C20H26N4O4S3/c1-28-17-9-5-4-8-16(17)21-19-22-23-20(30-19)29-12-18(25)24(14-6-2-3-7-14)15-10-11-31(26,27)13-15/h4-5,8-9,14-15H,2-3,6-7,10-13H2,1H3,(H,21,22). The summed E-state index contributed by atoms with van der Waals surface area (Å²) in [5.74, 6) is 1.20. The second-order valence-corrected chi connectivity index (χ2v) is 12.2. The largest absolute Gasteiger partial charge is 0.495 e. The molecule has 0 bridgehead atoms. The summed E-state index contributed by atoms with van der Waals surface area (Å²) in [7, 11) is -1.43. The molecule has 0 radical (unpaired) electrons. The maximum atomic E-state index is 13.1. The number of para-hydroxylation sites is 2. The molecule has 1 aromatic carbocycles. The molecular weight excluding hydrogens is 456 g/mol. The Bertz CT molecular complexity index is 1020. The number of methoxy groups -OCH3 is 1. The van der Waals surface area contributed by atoms with Crippen LogP contribution in [-0.2, 0) is 14.6 Å². The Kier molecular flexibility index (Phi) is 7.02. The van der Waals surface area contributed by atoms with Crippen LogP contribution in [0.2, 0.25) is 0 Å². The maximum Gasteiger partial charge on any atom is 0.233 e. The lowest BCUT2D eigenvalue weighted by Gasteiger charge is -2.34. The molecule has 1 saturated carbocycles. The predicted octanol–water partition coefficient (Wildman–Crippen LogP) is 3.34. The van der Waals surface area contributed by atoms with Crippen LogP contribution < -0.4 is 10.1 Å². The number of nitrogens with one attached hydrogen (secondary N) is 1. The highest BCUT2D eigenvalue weighted by molar-refractivity contribution is 8.01. The Labute approximate surface area is 190 Å². The molecule has 1 aliphatic carbocycles. The highest BCUT2D eigenvalue weighted by atomic mass is 32.2. The molecule has 1 aliphatic heterocycles. The van der Waals surface area contributed by atoms with Gasteiger partial charge in [0.2, 0.25) is 11.0 Å². The van der Waals surface area contributed by atoms with Crippen molar-refractivity contribution in [2.24, 2.45) is 0 Å². The van der Waals surface area contributed by atoms with E-state index in [1.165, 1.54) is 23.1 Å². The Morgan fingerprint density at radius 2 is 2.00 bits per heavy atom. The summed E-state index contributed by atoms with van der Waals surface area (Å²) in [6.45, 7) is 0. The molecule has 168 valence electrons. The molecule has 1 N–H and O–H groups in total. The number of rotatable bonds is 8. The van der Waals surface area contributed by atoms with Crippen LogP contribution in [0.4, 0.5) is 10.8 Å². The molecule has 1 unspecified atom stereocenters. The van der Waals surface area contributed by atoms with E-state index in [9.17, 15) is 13.2 Å². The van der Waals surface area contributed by atoms with Gasteiger partial charge >= 0.3 is 0 Å². The highest BCUT2D eigenvalue weighted by Crippen LogP contribution is 2.33. The summed E-state index contributed by atoms with van der Waals surface area (Å²) in [4.78, 5) is 15.0. The van der Waals surface area contributed by atoms with Gasteiger partial charge in [-0.2, -0.15) is 0 Å². The predicted molar refractivity (Wildman–Crippen MR) is 123 cm³/mol. The number of sulfone groups is 1. The molecule has 4 rings (SSSR count). The van der Waals surface area contributed by atoms with E-state index in [1.807, 2.05) is 29.2 Å². The minimum Gasteiger partial charge on any atom is -0.495 e. The Morgan fingerprint density at radius 3 is 2.71 bits per heavy atom. The van der Waals surface area contributed by atoms with Crippen LogP contribution in [0, 0.1) is 0 Å². The molecule has 2 heterocycles. The lowest BCUT2D eigenvalue weighted by molar-refractivity contribution is -0.132. The van der Waals surface area contributed by atoms with Crippen LogP contribution in [0.5, 0.6) is 5.75 Å². The van der Waals surface area contributed by atoms with Crippen molar-refractivity contribution in [2.45, 2.75) is 48.5 Å². The van der Waals surface area contributed by atoms with Gasteiger partial charge in [-0.15, -0.1) is 10.2 Å². The number of amides is 1. The van der Waals surface area contributed by atoms with Gasteiger partial charge in [0.15, 0.2) is 14.2 Å². The van der Waals surface area contributed by atoms with Gasteiger partial charge in [0.1, 0.15) is 5.75 Å². The van der Waals surface area contributed by atoms with Gasteiger partial charge in [-0.05, 0) is 31.4 Å². The lowest BCUT2D eigenvalue weighted by atomic mass is 10.1. The number of benzene rings is 1. The average molecular weight is 483 g/mol. The SMILES string of the molecule is COc1ccccc1Nc1nnc(SCC(=O)N(C2CCCC2)C2CCS(=O)(=O)C2)s1. The molecule has 2 aromatic rings. The summed E-state index contributed by atoms with van der Waals surface area (Å²) in [5.41, 5.74) is 0.795. The molecule has 1 atom stereocenters. The van der Waals surface area contributed by atoms with Crippen LogP contribution in [0.3, 0.4) is 0 Å². The fourth-order valence-corrected chi connectivity index (χ4v) is 7.61. The van der Waals surface area contributed by atoms with Crippen LogP contribution in [0.1, 0.15) is 32.1 Å². The minimum atomic E-state index is -3.04. The quantitative estimate of drug-likeness (QED) is 0.572. The molecule has 1 aromatic heterocycles. The van der Waals surface area contributed by atoms with E-state index in [-0.39, 0.29) is 35.2 Å². The van der Waals surface area contributed by atoms with Crippen molar-refractivity contribution >= 4 is 49.7 Å². The van der Waals surface area contributed by atoms with Gasteiger partial charge in [0.25, 0.3) is 0 Å². The molecule has 8 nitrogen and oxygen atoms in total. The first-order valence-corrected chi connectivity index (χ1v) is 14.0. The van der Waals surface area contributed by atoms with Crippen LogP contribution in [0.25, 0.3) is 0 Å². The molecule has 1 saturated heterocycles. The third-order valence-electron chi connectivity index (χ3n) is 5.68. The van der Waals surface area contributed by atoms with Crippen molar-refractivity contribution in [3.05, 3.63) is 24.3 Å². The number of nitrogens with zero attached hydrogens (tertiary/aromatic N) is 3. The zero-order valence-corrected chi connectivity index (χ0v) is 19.8. The molecule has 1 amide bonds. The molecule has 11 heteroatoms. The van der Waals surface area contributed by atoms with E-state index in [4.69, 9.17) is 4.74 Å². The number of aromatic nitrogens is 2. The van der Waals surface area contributed by atoms with Crippen molar-refractivity contribution in [3.8, 4) is 5.75 Å². The van der Waals surface area contributed by atoms with E-state index in [1.54, 1.807) is 7.11 Å². The number of ether oxygens (including phenoxy) is 1. The van der Waals surface area contributed by atoms with E-state index in [2.05, 4.69) is 15.5 Å². The summed E-state index contributed by atoms with van der Waals surface area (Å²) in [6, 6.07) is 7.51. The van der Waals surface area contributed by atoms with Gasteiger partial charge in [-0.3, -0.25) is 4.79 Å². The number of carbonyl (C=O) groups is 1. The topological polar surface area (TPSA) is 101 Å². The first kappa shape index (κ1) is 22.3. The first-order valence-electron chi connectivity index (χ1n) is 10.3. The summed E-state index contributed by atoms with van der Waals surface area (Å²) >= 11 is 2.72. The van der Waals surface area contributed by atoms with Gasteiger partial charge in [0, 0.05) is 12.1 Å². The maximum absolute atomic E-state index is 13.1. The van der Waals surface area contributed by atoms with E-state index in [0.717, 1.165) is 31.4 Å². The second kappa shape index (κ2) is 9.74. The number of carbonyl (C=O) groups excluding carboxylic acids is 1. The number of hydrogen-bond acceptors (Lipinski definition) is 9. The van der Waals surface area contributed by atoms with E-state index < -0.39 is 9.84 Å². The number of anilines is 2. The highest BCUT2D eigenvalue weighted by Gasteiger charge is 2.38. The zero-order chi connectivity index (χ0) is 21.8.